The number of hydrogen-bond acceptors (Lipinski definition) is 2. The Hall–Kier alpha value is -1.61. The van der Waals surface area contributed by atoms with E-state index in [0.717, 1.165) is 18.4 Å². The average molecular weight is 231 g/mol. The maximum Gasteiger partial charge on any atom is 0.320 e. The summed E-state index contributed by atoms with van der Waals surface area (Å²) in [4.78, 5) is 11.0. The summed E-state index contributed by atoms with van der Waals surface area (Å²) in [5.74, 6) is -0.404. The maximum absolute atomic E-state index is 11.0. The molecule has 1 aliphatic carbocycles. The summed E-state index contributed by atoms with van der Waals surface area (Å²) in [6.07, 6.45) is 6.03. The summed E-state index contributed by atoms with van der Waals surface area (Å²) in [5.41, 5.74) is 1.13. The van der Waals surface area contributed by atoms with Crippen LogP contribution >= 0.6 is 0 Å². The van der Waals surface area contributed by atoms with Gasteiger partial charge in [-0.05, 0) is 24.3 Å². The molecule has 1 atom stereocenters. The van der Waals surface area contributed by atoms with E-state index < -0.39 is 5.97 Å². The first-order valence-electron chi connectivity index (χ1n) is 5.95. The molecule has 0 bridgehead atoms. The number of benzene rings is 1. The zero-order valence-electron chi connectivity index (χ0n) is 9.67. The molecule has 0 amide bonds. The SMILES string of the molecule is O=C(O)C(NC/C=C/c1ccccc1)C1CC1. The topological polar surface area (TPSA) is 49.3 Å². The van der Waals surface area contributed by atoms with Crippen molar-refractivity contribution in [3.8, 4) is 0 Å². The smallest absolute Gasteiger partial charge is 0.320 e. The lowest BCUT2D eigenvalue weighted by atomic mass is 10.2. The van der Waals surface area contributed by atoms with Crippen molar-refractivity contribution >= 4 is 12.0 Å². The minimum absolute atomic E-state index is 0.331. The largest absolute Gasteiger partial charge is 0.480 e. The fourth-order valence-corrected chi connectivity index (χ4v) is 1.84. The third kappa shape index (κ3) is 3.71. The number of carbonyl (C=O) groups is 1. The molecule has 2 rings (SSSR count). The normalized spacial score (nSPS) is 17.2. The third-order valence-electron chi connectivity index (χ3n) is 2.92. The van der Waals surface area contributed by atoms with Crippen molar-refractivity contribution in [2.45, 2.75) is 18.9 Å². The second-order valence-corrected chi connectivity index (χ2v) is 4.37. The molecule has 0 heterocycles. The fraction of sp³-hybridized carbons (Fsp3) is 0.357. The fourth-order valence-electron chi connectivity index (χ4n) is 1.84. The molecule has 0 aromatic heterocycles. The summed E-state index contributed by atoms with van der Waals surface area (Å²) in [7, 11) is 0. The molecule has 1 aromatic rings. The van der Waals surface area contributed by atoms with E-state index >= 15 is 0 Å². The van der Waals surface area contributed by atoms with Crippen LogP contribution in [-0.2, 0) is 4.79 Å². The van der Waals surface area contributed by atoms with Crippen LogP contribution in [0, 0.1) is 5.92 Å². The predicted molar refractivity (Wildman–Crippen MR) is 67.6 cm³/mol. The van der Waals surface area contributed by atoms with Crippen LogP contribution in [0.3, 0.4) is 0 Å². The van der Waals surface area contributed by atoms with Gasteiger partial charge in [0, 0.05) is 6.54 Å². The number of hydrogen-bond donors (Lipinski definition) is 2. The Balaban J connectivity index is 1.78. The maximum atomic E-state index is 11.0. The number of rotatable bonds is 6. The molecule has 0 spiro atoms. The molecular weight excluding hydrogens is 214 g/mol. The van der Waals surface area contributed by atoms with Gasteiger partial charge in [-0.25, -0.2) is 0 Å². The Kier molecular flexibility index (Phi) is 3.94. The molecular formula is C14H17NO2. The summed E-state index contributed by atoms with van der Waals surface area (Å²) in [5, 5.41) is 12.1. The molecule has 3 heteroatoms. The summed E-state index contributed by atoms with van der Waals surface area (Å²) < 4.78 is 0. The molecule has 0 radical (unpaired) electrons. The highest BCUT2D eigenvalue weighted by Crippen LogP contribution is 2.32. The van der Waals surface area contributed by atoms with Crippen LogP contribution in [0.4, 0.5) is 0 Å². The van der Waals surface area contributed by atoms with E-state index in [1.165, 1.54) is 0 Å². The van der Waals surface area contributed by atoms with Crippen molar-refractivity contribution in [2.75, 3.05) is 6.54 Å². The van der Waals surface area contributed by atoms with Gasteiger partial charge in [0.25, 0.3) is 0 Å². The van der Waals surface area contributed by atoms with Crippen molar-refractivity contribution in [1.82, 2.24) is 5.32 Å². The minimum Gasteiger partial charge on any atom is -0.480 e. The van der Waals surface area contributed by atoms with Crippen LogP contribution < -0.4 is 5.32 Å². The Morgan fingerprint density at radius 2 is 2.12 bits per heavy atom. The zero-order valence-corrected chi connectivity index (χ0v) is 9.67. The number of carboxylic acid groups (broad SMARTS) is 1. The van der Waals surface area contributed by atoms with Gasteiger partial charge in [-0.15, -0.1) is 0 Å². The Bertz CT molecular complexity index is 396. The monoisotopic (exact) mass is 231 g/mol. The van der Waals surface area contributed by atoms with Gasteiger partial charge in [0.05, 0.1) is 0 Å². The quantitative estimate of drug-likeness (QED) is 0.788. The van der Waals surface area contributed by atoms with Gasteiger partial charge < -0.3 is 10.4 Å². The minimum atomic E-state index is -0.736. The molecule has 17 heavy (non-hydrogen) atoms. The van der Waals surface area contributed by atoms with Gasteiger partial charge >= 0.3 is 5.97 Å². The zero-order chi connectivity index (χ0) is 12.1. The van der Waals surface area contributed by atoms with Crippen LogP contribution in [0.15, 0.2) is 36.4 Å². The standard InChI is InChI=1S/C14H17NO2/c16-14(17)13(12-8-9-12)15-10-4-7-11-5-2-1-3-6-11/h1-7,12-13,15H,8-10H2,(H,16,17)/b7-4+. The first-order valence-corrected chi connectivity index (χ1v) is 5.95. The van der Waals surface area contributed by atoms with Gasteiger partial charge in [0.2, 0.25) is 0 Å². The van der Waals surface area contributed by atoms with E-state index in [2.05, 4.69) is 5.32 Å². The van der Waals surface area contributed by atoms with E-state index in [-0.39, 0.29) is 6.04 Å². The molecule has 0 saturated heterocycles. The molecule has 1 aliphatic rings. The van der Waals surface area contributed by atoms with Crippen molar-refractivity contribution < 1.29 is 9.90 Å². The lowest BCUT2D eigenvalue weighted by molar-refractivity contribution is -0.140. The Morgan fingerprint density at radius 3 is 2.71 bits per heavy atom. The van der Waals surface area contributed by atoms with Gasteiger partial charge in [-0.2, -0.15) is 0 Å². The van der Waals surface area contributed by atoms with E-state index in [9.17, 15) is 4.79 Å². The second kappa shape index (κ2) is 5.64. The van der Waals surface area contributed by atoms with Crippen molar-refractivity contribution in [2.24, 2.45) is 5.92 Å². The predicted octanol–water partition coefficient (Wildman–Crippen LogP) is 2.15. The van der Waals surface area contributed by atoms with Crippen molar-refractivity contribution in [3.63, 3.8) is 0 Å². The van der Waals surface area contributed by atoms with Crippen molar-refractivity contribution in [3.05, 3.63) is 42.0 Å². The summed E-state index contributed by atoms with van der Waals surface area (Å²) >= 11 is 0. The van der Waals surface area contributed by atoms with E-state index in [4.69, 9.17) is 5.11 Å². The molecule has 3 nitrogen and oxygen atoms in total. The Labute approximate surface area is 101 Å². The highest BCUT2D eigenvalue weighted by molar-refractivity contribution is 5.74. The van der Waals surface area contributed by atoms with Crippen LogP contribution in [0.5, 0.6) is 0 Å². The molecule has 1 unspecified atom stereocenters. The molecule has 90 valence electrons. The Morgan fingerprint density at radius 1 is 1.41 bits per heavy atom. The van der Waals surface area contributed by atoms with E-state index in [1.807, 2.05) is 42.5 Å². The molecule has 0 aliphatic heterocycles. The highest BCUT2D eigenvalue weighted by atomic mass is 16.4. The van der Waals surface area contributed by atoms with Gasteiger partial charge in [0.15, 0.2) is 0 Å². The summed E-state index contributed by atoms with van der Waals surface area (Å²) in [6.45, 7) is 0.600. The lowest BCUT2D eigenvalue weighted by Crippen LogP contribution is -2.38. The summed E-state index contributed by atoms with van der Waals surface area (Å²) in [6, 6.07) is 9.60. The molecule has 1 saturated carbocycles. The average Bonchev–Trinajstić information content (AvgIpc) is 3.14. The van der Waals surface area contributed by atoms with Gasteiger partial charge in [0.1, 0.15) is 6.04 Å². The third-order valence-corrected chi connectivity index (χ3v) is 2.92. The van der Waals surface area contributed by atoms with E-state index in [0.29, 0.717) is 12.5 Å². The molecule has 2 N–H and O–H groups in total. The second-order valence-electron chi connectivity index (χ2n) is 4.37. The number of aliphatic carboxylic acids is 1. The van der Waals surface area contributed by atoms with Crippen LogP contribution in [0.2, 0.25) is 0 Å². The number of carboxylic acids is 1. The van der Waals surface area contributed by atoms with Crippen LogP contribution in [0.25, 0.3) is 6.08 Å². The molecule has 1 fully saturated rings. The molecule has 1 aromatic carbocycles. The first-order chi connectivity index (χ1) is 8.27. The van der Waals surface area contributed by atoms with Gasteiger partial charge in [-0.3, -0.25) is 4.79 Å². The lowest BCUT2D eigenvalue weighted by Gasteiger charge is -2.11. The first kappa shape index (κ1) is 11.9. The van der Waals surface area contributed by atoms with Crippen LogP contribution in [0.1, 0.15) is 18.4 Å². The number of nitrogens with one attached hydrogen (secondary N) is 1. The van der Waals surface area contributed by atoms with Crippen LogP contribution in [-0.4, -0.2) is 23.7 Å². The highest BCUT2D eigenvalue weighted by Gasteiger charge is 2.35. The van der Waals surface area contributed by atoms with E-state index in [1.54, 1.807) is 0 Å². The van der Waals surface area contributed by atoms with Gasteiger partial charge in [-0.1, -0.05) is 42.5 Å². The van der Waals surface area contributed by atoms with Crippen molar-refractivity contribution in [1.29, 1.82) is 0 Å².